The van der Waals surface area contributed by atoms with Crippen LogP contribution in [0.15, 0.2) is 52.4 Å². The van der Waals surface area contributed by atoms with Crippen LogP contribution in [0.2, 0.25) is 0 Å². The zero-order valence-corrected chi connectivity index (χ0v) is 17.1. The minimum Gasteiger partial charge on any atom is -0.292 e. The van der Waals surface area contributed by atoms with Crippen LogP contribution in [0.4, 0.5) is 5.82 Å². The van der Waals surface area contributed by atoms with E-state index in [4.69, 9.17) is 0 Å². The fraction of sp³-hybridized carbons (Fsp3) is 0.353. The van der Waals surface area contributed by atoms with Crippen molar-refractivity contribution in [3.05, 3.63) is 48.2 Å². The summed E-state index contributed by atoms with van der Waals surface area (Å²) in [6.45, 7) is 6.21. The molecule has 0 unspecified atom stereocenters. The van der Waals surface area contributed by atoms with Crippen LogP contribution in [-0.2, 0) is 26.5 Å². The third-order valence-corrected chi connectivity index (χ3v) is 7.33. The molecule has 0 saturated heterocycles. The van der Waals surface area contributed by atoms with Gasteiger partial charge in [0.25, 0.3) is 10.0 Å². The Kier molecular flexibility index (Phi) is 6.93. The monoisotopic (exact) mass is 412 g/mol. The predicted octanol–water partition coefficient (Wildman–Crippen LogP) is 1.98. The van der Waals surface area contributed by atoms with E-state index in [2.05, 4.69) is 15.2 Å². The van der Waals surface area contributed by atoms with E-state index in [1.54, 1.807) is 26.0 Å². The van der Waals surface area contributed by atoms with Crippen molar-refractivity contribution < 1.29 is 16.8 Å². The van der Waals surface area contributed by atoms with Gasteiger partial charge in [0.1, 0.15) is 10.7 Å². The lowest BCUT2D eigenvalue weighted by atomic mass is 10.2. The highest BCUT2D eigenvalue weighted by atomic mass is 32.2. The van der Waals surface area contributed by atoms with E-state index in [1.807, 2.05) is 6.92 Å². The van der Waals surface area contributed by atoms with Crippen molar-refractivity contribution in [3.8, 4) is 0 Å². The third kappa shape index (κ3) is 5.04. The first-order valence-corrected chi connectivity index (χ1v) is 11.5. The summed E-state index contributed by atoms with van der Waals surface area (Å²) in [6, 6.07) is 9.33. The summed E-state index contributed by atoms with van der Waals surface area (Å²) in [6.07, 6.45) is 2.01. The van der Waals surface area contributed by atoms with Crippen LogP contribution in [0, 0.1) is 0 Å². The van der Waals surface area contributed by atoms with Gasteiger partial charge in [0, 0.05) is 19.3 Å². The van der Waals surface area contributed by atoms with Crippen molar-refractivity contribution in [2.45, 2.75) is 37.0 Å². The van der Waals surface area contributed by atoms with Crippen molar-refractivity contribution >= 4 is 25.9 Å². The SMILES string of the molecule is CCc1ccc(S(=O)(=O)NNc2ccc(S(=O)(=O)N(CC)CC)cn2)cc1. The van der Waals surface area contributed by atoms with Gasteiger partial charge in [-0.1, -0.05) is 32.9 Å². The molecule has 2 aromatic rings. The van der Waals surface area contributed by atoms with Gasteiger partial charge in [-0.2, -0.15) is 4.31 Å². The molecule has 27 heavy (non-hydrogen) atoms. The van der Waals surface area contributed by atoms with E-state index in [-0.39, 0.29) is 15.6 Å². The number of hydrogen-bond acceptors (Lipinski definition) is 6. The van der Waals surface area contributed by atoms with Gasteiger partial charge in [-0.3, -0.25) is 5.43 Å². The van der Waals surface area contributed by atoms with Crippen molar-refractivity contribution in [2.75, 3.05) is 18.5 Å². The van der Waals surface area contributed by atoms with Crippen LogP contribution in [0.25, 0.3) is 0 Å². The Labute approximate surface area is 160 Å². The Balaban J connectivity index is 2.10. The summed E-state index contributed by atoms with van der Waals surface area (Å²) >= 11 is 0. The molecule has 1 aromatic carbocycles. The molecule has 0 spiro atoms. The average molecular weight is 413 g/mol. The van der Waals surface area contributed by atoms with Crippen LogP contribution in [0.1, 0.15) is 26.3 Å². The van der Waals surface area contributed by atoms with Crippen molar-refractivity contribution in [1.82, 2.24) is 14.1 Å². The summed E-state index contributed by atoms with van der Waals surface area (Å²) in [7, 11) is -7.38. The molecular weight excluding hydrogens is 388 g/mol. The molecule has 0 aliphatic rings. The molecule has 0 fully saturated rings. The zero-order chi connectivity index (χ0) is 20.1. The second kappa shape index (κ2) is 8.79. The van der Waals surface area contributed by atoms with Gasteiger partial charge < -0.3 is 0 Å². The molecule has 0 aliphatic carbocycles. The van der Waals surface area contributed by atoms with E-state index in [0.29, 0.717) is 13.1 Å². The summed E-state index contributed by atoms with van der Waals surface area (Å²) in [5, 5.41) is 0. The lowest BCUT2D eigenvalue weighted by Gasteiger charge is -2.18. The second-order valence-corrected chi connectivity index (χ2v) is 9.32. The van der Waals surface area contributed by atoms with E-state index in [0.717, 1.165) is 12.0 Å². The molecule has 10 heteroatoms. The molecule has 0 amide bonds. The van der Waals surface area contributed by atoms with Crippen molar-refractivity contribution in [1.29, 1.82) is 0 Å². The predicted molar refractivity (Wildman–Crippen MR) is 104 cm³/mol. The summed E-state index contributed by atoms with van der Waals surface area (Å²) in [5.74, 6) is 0.183. The van der Waals surface area contributed by atoms with Crippen molar-refractivity contribution in [3.63, 3.8) is 0 Å². The number of nitrogens with one attached hydrogen (secondary N) is 2. The number of sulfonamides is 2. The minimum absolute atomic E-state index is 0.0507. The molecule has 0 saturated carbocycles. The highest BCUT2D eigenvalue weighted by molar-refractivity contribution is 7.89. The van der Waals surface area contributed by atoms with Gasteiger partial charge in [-0.05, 0) is 36.2 Å². The first-order chi connectivity index (χ1) is 12.7. The lowest BCUT2D eigenvalue weighted by molar-refractivity contribution is 0.445. The molecule has 0 aliphatic heterocycles. The Hall–Kier alpha value is -2.01. The maximum absolute atomic E-state index is 12.4. The van der Waals surface area contributed by atoms with Crippen molar-refractivity contribution in [2.24, 2.45) is 0 Å². The molecule has 1 heterocycles. The van der Waals surface area contributed by atoms with E-state index in [9.17, 15) is 16.8 Å². The van der Waals surface area contributed by atoms with Gasteiger partial charge >= 0.3 is 0 Å². The Morgan fingerprint density at radius 1 is 0.889 bits per heavy atom. The van der Waals surface area contributed by atoms with E-state index < -0.39 is 20.0 Å². The molecule has 2 rings (SSSR count). The lowest BCUT2D eigenvalue weighted by Crippen LogP contribution is -2.31. The number of pyridine rings is 1. The van der Waals surface area contributed by atoms with Crippen LogP contribution in [0.3, 0.4) is 0 Å². The molecule has 2 N–H and O–H groups in total. The fourth-order valence-corrected chi connectivity index (χ4v) is 4.66. The maximum Gasteiger partial charge on any atom is 0.257 e. The largest absolute Gasteiger partial charge is 0.292 e. The summed E-state index contributed by atoms with van der Waals surface area (Å²) in [5.41, 5.74) is 3.53. The van der Waals surface area contributed by atoms with Crippen LogP contribution < -0.4 is 10.3 Å². The molecule has 0 bridgehead atoms. The third-order valence-electron chi connectivity index (χ3n) is 4.03. The number of benzene rings is 1. The van der Waals surface area contributed by atoms with Gasteiger partial charge in [-0.15, -0.1) is 4.83 Å². The number of aryl methyl sites for hydroxylation is 1. The van der Waals surface area contributed by atoms with Gasteiger partial charge in [-0.25, -0.2) is 21.8 Å². The Morgan fingerprint density at radius 2 is 1.48 bits per heavy atom. The molecular formula is C17H24N4O4S2. The highest BCUT2D eigenvalue weighted by Crippen LogP contribution is 2.16. The van der Waals surface area contributed by atoms with Gasteiger partial charge in [0.15, 0.2) is 0 Å². The van der Waals surface area contributed by atoms with Crippen LogP contribution >= 0.6 is 0 Å². The summed E-state index contributed by atoms with van der Waals surface area (Å²) < 4.78 is 50.7. The zero-order valence-electron chi connectivity index (χ0n) is 15.5. The molecule has 8 nitrogen and oxygen atoms in total. The molecule has 0 radical (unpaired) electrons. The second-order valence-electron chi connectivity index (χ2n) is 5.70. The summed E-state index contributed by atoms with van der Waals surface area (Å²) in [4.78, 5) is 6.38. The smallest absolute Gasteiger partial charge is 0.257 e. The van der Waals surface area contributed by atoms with Gasteiger partial charge in [0.2, 0.25) is 10.0 Å². The Morgan fingerprint density at radius 3 is 1.96 bits per heavy atom. The highest BCUT2D eigenvalue weighted by Gasteiger charge is 2.22. The number of anilines is 1. The van der Waals surface area contributed by atoms with E-state index in [1.165, 1.54) is 34.8 Å². The molecule has 1 aromatic heterocycles. The number of nitrogens with zero attached hydrogens (tertiary/aromatic N) is 2. The molecule has 0 atom stereocenters. The van der Waals surface area contributed by atoms with Gasteiger partial charge in [0.05, 0.1) is 4.90 Å². The standard InChI is InChI=1S/C17H24N4O4S2/c1-4-14-7-9-15(10-8-14)26(22,23)20-19-17-12-11-16(13-18-17)27(24,25)21(5-2)6-3/h7-13,20H,4-6H2,1-3H3,(H,18,19). The van der Waals surface area contributed by atoms with Crippen LogP contribution in [-0.4, -0.2) is 39.2 Å². The number of rotatable bonds is 9. The average Bonchev–Trinajstić information content (AvgIpc) is 2.67. The topological polar surface area (TPSA) is 108 Å². The van der Waals surface area contributed by atoms with Crippen LogP contribution in [0.5, 0.6) is 0 Å². The first-order valence-electron chi connectivity index (χ1n) is 8.57. The first kappa shape index (κ1) is 21.3. The normalized spacial score (nSPS) is 12.3. The quantitative estimate of drug-likeness (QED) is 0.610. The number of hydrazine groups is 1. The maximum atomic E-state index is 12.4. The fourth-order valence-electron chi connectivity index (χ4n) is 2.40. The number of hydrogen-bond donors (Lipinski definition) is 2. The molecule has 148 valence electrons. The minimum atomic E-state index is -3.77. The number of aromatic nitrogens is 1. The van der Waals surface area contributed by atoms with E-state index >= 15 is 0 Å². The Bertz CT molecular complexity index is 953.